The summed E-state index contributed by atoms with van der Waals surface area (Å²) in [5, 5.41) is 3.24. The number of rotatable bonds is 4. The molecule has 1 aliphatic rings. The third kappa shape index (κ3) is 3.30. The van der Waals surface area contributed by atoms with E-state index >= 15 is 0 Å². The smallest absolute Gasteiger partial charge is 0.237 e. The van der Waals surface area contributed by atoms with Crippen LogP contribution in [0.1, 0.15) is 12.1 Å². The van der Waals surface area contributed by atoms with E-state index in [1.165, 1.54) is 0 Å². The predicted octanol–water partition coefficient (Wildman–Crippen LogP) is 0.785. The molecule has 1 aromatic heterocycles. The van der Waals surface area contributed by atoms with E-state index in [-0.39, 0.29) is 18.5 Å². The Morgan fingerprint density at radius 3 is 2.94 bits per heavy atom. The Morgan fingerprint density at radius 1 is 1.44 bits per heavy atom. The predicted molar refractivity (Wildman–Crippen MR) is 61.9 cm³/mol. The summed E-state index contributed by atoms with van der Waals surface area (Å²) in [6.07, 6.45) is 4.60. The number of nitrogens with one attached hydrogen (secondary N) is 1. The van der Waals surface area contributed by atoms with Crippen LogP contribution in [0.15, 0.2) is 12.4 Å². The van der Waals surface area contributed by atoms with Crippen molar-refractivity contribution < 1.29 is 9.47 Å². The molecule has 90 valence electrons. The van der Waals surface area contributed by atoms with Crippen LogP contribution < -0.4 is 10.1 Å². The Kier molecular flexibility index (Phi) is 5.45. The normalized spacial score (nSPS) is 19.2. The molecule has 1 aromatic rings. The lowest BCUT2D eigenvalue weighted by atomic mass is 10.3. The first-order valence-electron chi connectivity index (χ1n) is 5.06. The van der Waals surface area contributed by atoms with Gasteiger partial charge in [-0.05, 0) is 13.0 Å². The summed E-state index contributed by atoms with van der Waals surface area (Å²) >= 11 is 0. The van der Waals surface area contributed by atoms with Gasteiger partial charge in [-0.2, -0.15) is 0 Å². The molecule has 2 heterocycles. The zero-order chi connectivity index (χ0) is 10.5. The molecule has 1 N–H and O–H groups in total. The van der Waals surface area contributed by atoms with Crippen molar-refractivity contribution in [3.05, 3.63) is 18.1 Å². The van der Waals surface area contributed by atoms with E-state index in [4.69, 9.17) is 9.47 Å². The molecule has 0 saturated carbocycles. The van der Waals surface area contributed by atoms with E-state index in [0.29, 0.717) is 12.5 Å². The van der Waals surface area contributed by atoms with Crippen LogP contribution in [0.3, 0.4) is 0 Å². The minimum Gasteiger partial charge on any atom is -0.480 e. The first kappa shape index (κ1) is 13.2. The van der Waals surface area contributed by atoms with Crippen LogP contribution in [-0.4, -0.2) is 36.3 Å². The Balaban J connectivity index is 0.00000128. The van der Waals surface area contributed by atoms with E-state index < -0.39 is 0 Å². The summed E-state index contributed by atoms with van der Waals surface area (Å²) in [4.78, 5) is 8.24. The Labute approximate surface area is 101 Å². The summed E-state index contributed by atoms with van der Waals surface area (Å²) in [5.74, 6) is 0.545. The number of nitrogens with zero attached hydrogens (tertiary/aromatic N) is 2. The van der Waals surface area contributed by atoms with E-state index in [1.807, 2.05) is 0 Å². The molecule has 0 unspecified atom stereocenters. The van der Waals surface area contributed by atoms with Gasteiger partial charge in [0.2, 0.25) is 5.88 Å². The maximum Gasteiger partial charge on any atom is 0.237 e. The summed E-state index contributed by atoms with van der Waals surface area (Å²) in [7, 11) is 1.59. The fourth-order valence-electron chi connectivity index (χ4n) is 1.59. The molecule has 2 rings (SSSR count). The molecule has 1 atom stereocenters. The first-order chi connectivity index (χ1) is 7.40. The van der Waals surface area contributed by atoms with Crippen molar-refractivity contribution in [1.29, 1.82) is 0 Å². The minimum absolute atomic E-state index is 0. The summed E-state index contributed by atoms with van der Waals surface area (Å²) in [5.41, 5.74) is 0.756. The zero-order valence-corrected chi connectivity index (χ0v) is 10.00. The van der Waals surface area contributed by atoms with Crippen LogP contribution in [0.5, 0.6) is 5.88 Å². The van der Waals surface area contributed by atoms with Crippen molar-refractivity contribution in [2.45, 2.75) is 19.1 Å². The number of hydrogen-bond donors (Lipinski definition) is 1. The Hall–Kier alpha value is -0.910. The van der Waals surface area contributed by atoms with Crippen molar-refractivity contribution in [2.24, 2.45) is 0 Å². The lowest BCUT2D eigenvalue weighted by Gasteiger charge is -2.11. The molecule has 6 heteroatoms. The molecule has 0 bridgehead atoms. The van der Waals surface area contributed by atoms with Gasteiger partial charge in [-0.3, -0.25) is 4.98 Å². The van der Waals surface area contributed by atoms with Gasteiger partial charge in [0, 0.05) is 18.9 Å². The van der Waals surface area contributed by atoms with Gasteiger partial charge >= 0.3 is 0 Å². The van der Waals surface area contributed by atoms with E-state index in [9.17, 15) is 0 Å². The highest BCUT2D eigenvalue weighted by molar-refractivity contribution is 5.85. The molecule has 16 heavy (non-hydrogen) atoms. The zero-order valence-electron chi connectivity index (χ0n) is 9.18. The molecular weight excluding hydrogens is 230 g/mol. The maximum absolute atomic E-state index is 5.69. The van der Waals surface area contributed by atoms with E-state index in [0.717, 1.165) is 25.2 Å². The molecule has 0 spiro atoms. The number of methoxy groups -OCH3 is 1. The Morgan fingerprint density at radius 2 is 2.25 bits per heavy atom. The van der Waals surface area contributed by atoms with Crippen molar-refractivity contribution in [2.75, 3.05) is 20.2 Å². The largest absolute Gasteiger partial charge is 0.480 e. The minimum atomic E-state index is 0. The van der Waals surface area contributed by atoms with Gasteiger partial charge in [0.05, 0.1) is 19.8 Å². The highest BCUT2D eigenvalue weighted by Gasteiger charge is 2.16. The number of hydrogen-bond acceptors (Lipinski definition) is 5. The highest BCUT2D eigenvalue weighted by Crippen LogP contribution is 2.14. The monoisotopic (exact) mass is 245 g/mol. The van der Waals surface area contributed by atoms with Crippen LogP contribution >= 0.6 is 12.4 Å². The fourth-order valence-corrected chi connectivity index (χ4v) is 1.59. The van der Waals surface area contributed by atoms with Gasteiger partial charge in [-0.15, -0.1) is 12.4 Å². The van der Waals surface area contributed by atoms with E-state index in [1.54, 1.807) is 19.5 Å². The molecule has 1 aliphatic heterocycles. The van der Waals surface area contributed by atoms with Crippen molar-refractivity contribution in [3.63, 3.8) is 0 Å². The summed E-state index contributed by atoms with van der Waals surface area (Å²) < 4.78 is 10.8. The Bertz CT molecular complexity index is 319. The molecule has 0 amide bonds. The van der Waals surface area contributed by atoms with Crippen LogP contribution in [0.4, 0.5) is 0 Å². The molecule has 1 saturated heterocycles. The van der Waals surface area contributed by atoms with E-state index in [2.05, 4.69) is 15.3 Å². The average molecular weight is 246 g/mol. The van der Waals surface area contributed by atoms with Crippen LogP contribution in [0.25, 0.3) is 0 Å². The molecule has 0 radical (unpaired) electrons. The summed E-state index contributed by atoms with van der Waals surface area (Å²) in [6.45, 7) is 2.41. The van der Waals surface area contributed by atoms with Gasteiger partial charge in [0.1, 0.15) is 5.69 Å². The number of ether oxygens (including phenoxy) is 2. The SMILES string of the molecule is COc1nccnc1CO[C@H]1CCNC1.Cl. The van der Waals surface area contributed by atoms with Gasteiger partial charge < -0.3 is 14.8 Å². The highest BCUT2D eigenvalue weighted by atomic mass is 35.5. The van der Waals surface area contributed by atoms with Crippen molar-refractivity contribution >= 4 is 12.4 Å². The fraction of sp³-hybridized carbons (Fsp3) is 0.600. The third-order valence-corrected chi connectivity index (χ3v) is 2.40. The third-order valence-electron chi connectivity index (χ3n) is 2.40. The van der Waals surface area contributed by atoms with Crippen molar-refractivity contribution in [1.82, 2.24) is 15.3 Å². The first-order valence-corrected chi connectivity index (χ1v) is 5.06. The second-order valence-electron chi connectivity index (χ2n) is 3.44. The maximum atomic E-state index is 5.69. The van der Waals surface area contributed by atoms with Crippen LogP contribution in [-0.2, 0) is 11.3 Å². The molecule has 0 aromatic carbocycles. The van der Waals surface area contributed by atoms with Crippen molar-refractivity contribution in [3.8, 4) is 5.88 Å². The van der Waals surface area contributed by atoms with Gasteiger partial charge in [0.15, 0.2) is 0 Å². The molecule has 1 fully saturated rings. The second kappa shape index (κ2) is 6.62. The quantitative estimate of drug-likeness (QED) is 0.850. The number of halogens is 1. The lowest BCUT2D eigenvalue weighted by Crippen LogP contribution is -2.17. The standard InChI is InChI=1S/C10H15N3O2.ClH/c1-14-10-9(12-4-5-13-10)7-15-8-2-3-11-6-8;/h4-5,8,11H,2-3,6-7H2,1H3;1H/t8-;/m0./s1. The number of aromatic nitrogens is 2. The topological polar surface area (TPSA) is 56.3 Å². The van der Waals surface area contributed by atoms with Crippen LogP contribution in [0.2, 0.25) is 0 Å². The average Bonchev–Trinajstić information content (AvgIpc) is 2.79. The van der Waals surface area contributed by atoms with Gasteiger partial charge in [-0.1, -0.05) is 0 Å². The van der Waals surface area contributed by atoms with Gasteiger partial charge in [0.25, 0.3) is 0 Å². The van der Waals surface area contributed by atoms with Crippen LogP contribution in [0, 0.1) is 0 Å². The lowest BCUT2D eigenvalue weighted by molar-refractivity contribution is 0.0506. The molecule has 0 aliphatic carbocycles. The van der Waals surface area contributed by atoms with Gasteiger partial charge in [-0.25, -0.2) is 4.98 Å². The molecule has 5 nitrogen and oxygen atoms in total. The summed E-state index contributed by atoms with van der Waals surface area (Å²) in [6, 6.07) is 0. The molecular formula is C10H16ClN3O2. The second-order valence-corrected chi connectivity index (χ2v) is 3.44.